The molecule has 0 bridgehead atoms. The van der Waals surface area contributed by atoms with Crippen LogP contribution in [0, 0.1) is 0 Å². The zero-order chi connectivity index (χ0) is 5.98. The van der Waals surface area contributed by atoms with Crippen molar-refractivity contribution in [3.8, 4) is 0 Å². The Labute approximate surface area is 48.9 Å². The number of hydrogen-bond acceptors (Lipinski definition) is 3. The minimum atomic E-state index is -0.330. The molecule has 4 N–H and O–H groups in total. The summed E-state index contributed by atoms with van der Waals surface area (Å²) in [5.74, 6) is 0. The van der Waals surface area contributed by atoms with Crippen molar-refractivity contribution in [2.75, 3.05) is 13.1 Å². The Kier molecular flexibility index (Phi) is 1.83. The van der Waals surface area contributed by atoms with Gasteiger partial charge in [-0.25, -0.2) is 0 Å². The maximum absolute atomic E-state index is 8.99. The average Bonchev–Trinajstić information content (AvgIpc) is 1.77. The van der Waals surface area contributed by atoms with Crippen LogP contribution >= 0.6 is 0 Å². The lowest BCUT2D eigenvalue weighted by Crippen LogP contribution is -2.48. The first-order chi connectivity index (χ1) is 3.80. The Bertz CT molecular complexity index is 66.8. The second-order valence-electron chi connectivity index (χ2n) is 2.22. The lowest BCUT2D eigenvalue weighted by molar-refractivity contribution is 0.120. The molecule has 3 heteroatoms. The first-order valence-corrected chi connectivity index (χ1v) is 2.95. The molecule has 0 spiro atoms. The van der Waals surface area contributed by atoms with E-state index in [4.69, 9.17) is 10.8 Å². The third kappa shape index (κ3) is 1.18. The lowest BCUT2D eigenvalue weighted by Gasteiger charge is -2.24. The van der Waals surface area contributed by atoms with Crippen molar-refractivity contribution in [1.29, 1.82) is 0 Å². The highest BCUT2D eigenvalue weighted by atomic mass is 16.3. The molecule has 0 amide bonds. The quantitative estimate of drug-likeness (QED) is 0.367. The molecule has 0 aromatic carbocycles. The summed E-state index contributed by atoms with van der Waals surface area (Å²) >= 11 is 0. The van der Waals surface area contributed by atoms with Crippen molar-refractivity contribution in [2.24, 2.45) is 5.73 Å². The fourth-order valence-electron chi connectivity index (χ4n) is 0.862. The van der Waals surface area contributed by atoms with E-state index in [9.17, 15) is 0 Å². The topological polar surface area (TPSA) is 58.3 Å². The van der Waals surface area contributed by atoms with Crippen LogP contribution < -0.4 is 11.1 Å². The third-order valence-corrected chi connectivity index (χ3v) is 1.50. The van der Waals surface area contributed by atoms with Gasteiger partial charge in [-0.05, 0) is 13.0 Å². The SMILES string of the molecule is N[C@@H]1CCNCC1O. The van der Waals surface area contributed by atoms with Crippen molar-refractivity contribution in [2.45, 2.75) is 18.6 Å². The Morgan fingerprint density at radius 3 is 2.75 bits per heavy atom. The molecule has 0 saturated carbocycles. The summed E-state index contributed by atoms with van der Waals surface area (Å²) in [6.45, 7) is 1.60. The van der Waals surface area contributed by atoms with Gasteiger partial charge >= 0.3 is 0 Å². The summed E-state index contributed by atoms with van der Waals surface area (Å²) in [6.07, 6.45) is 0.560. The van der Waals surface area contributed by atoms with E-state index in [2.05, 4.69) is 5.32 Å². The Hall–Kier alpha value is -0.120. The van der Waals surface area contributed by atoms with Gasteiger partial charge in [0.1, 0.15) is 0 Å². The highest BCUT2D eigenvalue weighted by Crippen LogP contribution is 1.98. The van der Waals surface area contributed by atoms with E-state index in [-0.39, 0.29) is 12.1 Å². The van der Waals surface area contributed by atoms with Gasteiger partial charge in [-0.2, -0.15) is 0 Å². The van der Waals surface area contributed by atoms with Gasteiger partial charge in [-0.3, -0.25) is 0 Å². The molecule has 1 aliphatic rings. The molecule has 0 radical (unpaired) electrons. The Balaban J connectivity index is 2.28. The van der Waals surface area contributed by atoms with E-state index in [0.29, 0.717) is 6.54 Å². The predicted octanol–water partition coefficient (Wildman–Crippen LogP) is -1.33. The van der Waals surface area contributed by atoms with E-state index in [1.807, 2.05) is 0 Å². The van der Waals surface area contributed by atoms with Crippen molar-refractivity contribution in [3.05, 3.63) is 0 Å². The maximum Gasteiger partial charge on any atom is 0.0815 e. The van der Waals surface area contributed by atoms with Crippen LogP contribution in [0.3, 0.4) is 0 Å². The highest BCUT2D eigenvalue weighted by Gasteiger charge is 2.17. The van der Waals surface area contributed by atoms with E-state index >= 15 is 0 Å². The van der Waals surface area contributed by atoms with E-state index < -0.39 is 0 Å². The van der Waals surface area contributed by atoms with E-state index in [0.717, 1.165) is 13.0 Å². The summed E-state index contributed by atoms with van der Waals surface area (Å²) < 4.78 is 0. The molecule has 0 aromatic heterocycles. The van der Waals surface area contributed by atoms with Gasteiger partial charge in [-0.15, -0.1) is 0 Å². The van der Waals surface area contributed by atoms with Gasteiger partial charge < -0.3 is 16.2 Å². The number of β-amino-alcohol motifs (C(OH)–C–C–N with tert-alkyl or cyclic N) is 1. The molecule has 1 aliphatic heterocycles. The zero-order valence-electron chi connectivity index (χ0n) is 4.80. The molecule has 3 nitrogen and oxygen atoms in total. The van der Waals surface area contributed by atoms with Crippen LogP contribution in [0.15, 0.2) is 0 Å². The Morgan fingerprint density at radius 1 is 1.62 bits per heavy atom. The van der Waals surface area contributed by atoms with Gasteiger partial charge in [0.15, 0.2) is 0 Å². The molecule has 1 fully saturated rings. The summed E-state index contributed by atoms with van der Waals surface area (Å²) in [6, 6.07) is -0.00347. The molecular weight excluding hydrogens is 104 g/mol. The van der Waals surface area contributed by atoms with Gasteiger partial charge in [0.2, 0.25) is 0 Å². The standard InChI is InChI=1S/C5H12N2O/c6-4-1-2-7-3-5(4)8/h4-5,7-8H,1-3,6H2/t4-,5?/m1/s1. The molecule has 0 aromatic rings. The molecule has 1 rings (SSSR count). The molecule has 0 aliphatic carbocycles. The third-order valence-electron chi connectivity index (χ3n) is 1.50. The van der Waals surface area contributed by atoms with E-state index in [1.165, 1.54) is 0 Å². The monoisotopic (exact) mass is 116 g/mol. The van der Waals surface area contributed by atoms with Crippen LogP contribution in [-0.4, -0.2) is 30.3 Å². The number of rotatable bonds is 0. The van der Waals surface area contributed by atoms with Gasteiger partial charge in [-0.1, -0.05) is 0 Å². The molecule has 1 unspecified atom stereocenters. The minimum absolute atomic E-state index is 0.00347. The van der Waals surface area contributed by atoms with Gasteiger partial charge in [0.25, 0.3) is 0 Å². The first-order valence-electron chi connectivity index (χ1n) is 2.95. The lowest BCUT2D eigenvalue weighted by atomic mass is 10.1. The van der Waals surface area contributed by atoms with Crippen LogP contribution in [0.2, 0.25) is 0 Å². The number of piperidine rings is 1. The fourth-order valence-corrected chi connectivity index (χ4v) is 0.862. The summed E-state index contributed by atoms with van der Waals surface area (Å²) in [5, 5.41) is 12.0. The van der Waals surface area contributed by atoms with Crippen molar-refractivity contribution in [1.82, 2.24) is 5.32 Å². The van der Waals surface area contributed by atoms with E-state index in [1.54, 1.807) is 0 Å². The smallest absolute Gasteiger partial charge is 0.0815 e. The highest BCUT2D eigenvalue weighted by molar-refractivity contribution is 4.79. The number of aliphatic hydroxyl groups is 1. The summed E-state index contributed by atoms with van der Waals surface area (Å²) in [5.41, 5.74) is 5.49. The van der Waals surface area contributed by atoms with Crippen LogP contribution in [-0.2, 0) is 0 Å². The molecule has 8 heavy (non-hydrogen) atoms. The van der Waals surface area contributed by atoms with Crippen LogP contribution in [0.25, 0.3) is 0 Å². The molecular formula is C5H12N2O. The number of nitrogens with one attached hydrogen (secondary N) is 1. The van der Waals surface area contributed by atoms with Crippen molar-refractivity contribution < 1.29 is 5.11 Å². The number of aliphatic hydroxyl groups excluding tert-OH is 1. The van der Waals surface area contributed by atoms with Crippen LogP contribution in [0.5, 0.6) is 0 Å². The summed E-state index contributed by atoms with van der Waals surface area (Å²) in [4.78, 5) is 0. The second kappa shape index (κ2) is 2.44. The zero-order valence-corrected chi connectivity index (χ0v) is 4.80. The molecule has 1 heterocycles. The first kappa shape index (κ1) is 6.01. The molecule has 1 saturated heterocycles. The maximum atomic E-state index is 8.99. The molecule has 2 atom stereocenters. The largest absolute Gasteiger partial charge is 0.390 e. The van der Waals surface area contributed by atoms with Gasteiger partial charge in [0, 0.05) is 12.6 Å². The van der Waals surface area contributed by atoms with Crippen LogP contribution in [0.4, 0.5) is 0 Å². The van der Waals surface area contributed by atoms with Crippen molar-refractivity contribution >= 4 is 0 Å². The number of nitrogens with two attached hydrogens (primary N) is 1. The van der Waals surface area contributed by atoms with Gasteiger partial charge in [0.05, 0.1) is 6.10 Å². The summed E-state index contributed by atoms with van der Waals surface area (Å²) in [7, 11) is 0. The fraction of sp³-hybridized carbons (Fsp3) is 1.00. The Morgan fingerprint density at radius 2 is 2.38 bits per heavy atom. The number of hydrogen-bond donors (Lipinski definition) is 3. The second-order valence-corrected chi connectivity index (χ2v) is 2.22. The van der Waals surface area contributed by atoms with Crippen molar-refractivity contribution in [3.63, 3.8) is 0 Å². The van der Waals surface area contributed by atoms with Crippen LogP contribution in [0.1, 0.15) is 6.42 Å². The normalized spacial score (nSPS) is 39.8. The minimum Gasteiger partial charge on any atom is -0.390 e. The predicted molar refractivity (Wildman–Crippen MR) is 31.5 cm³/mol. The average molecular weight is 116 g/mol. The molecule has 48 valence electrons.